The quantitative estimate of drug-likeness (QED) is 0.437. The molecule has 0 aromatic heterocycles. The van der Waals surface area contributed by atoms with E-state index in [2.05, 4.69) is 10.0 Å². The Kier molecular flexibility index (Phi) is 3.02. The minimum absolute atomic E-state index is 0.0323. The van der Waals surface area contributed by atoms with Gasteiger partial charge in [-0.05, 0) is 33.2 Å². The first kappa shape index (κ1) is 14.1. The van der Waals surface area contributed by atoms with Crippen molar-refractivity contribution in [3.05, 3.63) is 10.4 Å². The maximum absolute atomic E-state index is 8.56. The van der Waals surface area contributed by atoms with Crippen LogP contribution in [0.2, 0.25) is 0 Å². The van der Waals surface area contributed by atoms with E-state index in [4.69, 9.17) is 29.2 Å². The number of nitrogens with zero attached hydrogens (tertiary/aromatic N) is 3. The van der Waals surface area contributed by atoms with Crippen molar-refractivity contribution in [1.29, 1.82) is 0 Å². The van der Waals surface area contributed by atoms with Gasteiger partial charge in [0.25, 0.3) is 0 Å². The average molecular weight is 285 g/mol. The molecule has 20 heavy (non-hydrogen) atoms. The Hall–Kier alpha value is -0.890. The molecule has 3 heterocycles. The lowest BCUT2D eigenvalue weighted by molar-refractivity contribution is -0.274. The van der Waals surface area contributed by atoms with Crippen molar-refractivity contribution in [3.8, 4) is 0 Å². The zero-order chi connectivity index (χ0) is 14.6. The van der Waals surface area contributed by atoms with E-state index in [-0.39, 0.29) is 18.8 Å². The van der Waals surface area contributed by atoms with Crippen molar-refractivity contribution in [2.24, 2.45) is 5.11 Å². The first-order valence-electron chi connectivity index (χ1n) is 6.65. The molecule has 0 aromatic carbocycles. The van der Waals surface area contributed by atoms with E-state index >= 15 is 0 Å². The van der Waals surface area contributed by atoms with Crippen molar-refractivity contribution < 1.29 is 23.7 Å². The molecule has 0 bridgehead atoms. The van der Waals surface area contributed by atoms with E-state index in [1.807, 2.05) is 13.8 Å². The summed E-state index contributed by atoms with van der Waals surface area (Å²) in [5, 5.41) is 3.60. The van der Waals surface area contributed by atoms with Crippen LogP contribution in [-0.2, 0) is 23.7 Å². The number of fused-ring (bicyclic) bond motifs is 3. The molecule has 3 fully saturated rings. The predicted octanol–water partition coefficient (Wildman–Crippen LogP) is 1.69. The topological polar surface area (TPSA) is 94.9 Å². The van der Waals surface area contributed by atoms with Crippen LogP contribution >= 0.6 is 0 Å². The molecule has 0 spiro atoms. The van der Waals surface area contributed by atoms with E-state index in [1.54, 1.807) is 13.8 Å². The van der Waals surface area contributed by atoms with Gasteiger partial charge in [0.2, 0.25) is 5.79 Å². The van der Waals surface area contributed by atoms with E-state index in [0.29, 0.717) is 6.61 Å². The molecule has 8 heteroatoms. The summed E-state index contributed by atoms with van der Waals surface area (Å²) in [6, 6.07) is 0. The number of ether oxygens (including phenoxy) is 5. The second kappa shape index (κ2) is 4.30. The van der Waals surface area contributed by atoms with E-state index in [0.717, 1.165) is 0 Å². The highest BCUT2D eigenvalue weighted by atomic mass is 16.9. The van der Waals surface area contributed by atoms with Gasteiger partial charge in [0, 0.05) is 4.91 Å². The molecule has 0 aliphatic carbocycles. The molecule has 0 N–H and O–H groups in total. The predicted molar refractivity (Wildman–Crippen MR) is 66.6 cm³/mol. The standard InChI is InChI=1S/C12H19N3O5/c1-10(2)17-7-5-16-12(6-14-15-13)9(8(7)18-10)19-11(3,4)20-12/h7-9H,5-6H2,1-4H3/t7-,8-,9+,12-/m1/s1. The fraction of sp³-hybridized carbons (Fsp3) is 1.00. The molecule has 0 saturated carbocycles. The third kappa shape index (κ3) is 2.18. The SMILES string of the molecule is CC1(C)O[C@@H]2[C@@H](CO[C@]3(CN=[N+]=[N-])OC(C)(C)O[C@@H]23)O1. The van der Waals surface area contributed by atoms with E-state index in [9.17, 15) is 0 Å². The van der Waals surface area contributed by atoms with Crippen molar-refractivity contribution in [2.75, 3.05) is 13.2 Å². The molecule has 0 radical (unpaired) electrons. The van der Waals surface area contributed by atoms with Gasteiger partial charge in [-0.15, -0.1) is 0 Å². The van der Waals surface area contributed by atoms with Crippen LogP contribution in [0, 0.1) is 0 Å². The van der Waals surface area contributed by atoms with Crippen LogP contribution in [0.4, 0.5) is 0 Å². The summed E-state index contributed by atoms with van der Waals surface area (Å²) in [4.78, 5) is 2.78. The van der Waals surface area contributed by atoms with Crippen molar-refractivity contribution >= 4 is 0 Å². The van der Waals surface area contributed by atoms with Crippen molar-refractivity contribution in [3.63, 3.8) is 0 Å². The summed E-state index contributed by atoms with van der Waals surface area (Å²) in [7, 11) is 0. The summed E-state index contributed by atoms with van der Waals surface area (Å²) in [5.74, 6) is -2.63. The zero-order valence-electron chi connectivity index (χ0n) is 12.0. The minimum atomic E-state index is -1.11. The molecule has 3 aliphatic heterocycles. The van der Waals surface area contributed by atoms with Gasteiger partial charge < -0.3 is 23.7 Å². The van der Waals surface area contributed by atoms with Crippen LogP contribution in [0.1, 0.15) is 27.7 Å². The van der Waals surface area contributed by atoms with Crippen LogP contribution in [-0.4, -0.2) is 48.8 Å². The minimum Gasteiger partial charge on any atom is -0.344 e. The van der Waals surface area contributed by atoms with Crippen LogP contribution < -0.4 is 0 Å². The molecule has 112 valence electrons. The molecule has 0 unspecified atom stereocenters. The molecule has 8 nitrogen and oxygen atoms in total. The van der Waals surface area contributed by atoms with Crippen LogP contribution in [0.15, 0.2) is 5.11 Å². The maximum Gasteiger partial charge on any atom is 0.206 e. The molecule has 0 amide bonds. The molecule has 4 atom stereocenters. The smallest absolute Gasteiger partial charge is 0.206 e. The fourth-order valence-corrected chi connectivity index (χ4v) is 3.09. The largest absolute Gasteiger partial charge is 0.344 e. The number of rotatable bonds is 2. The molecule has 3 rings (SSSR count). The third-order valence-corrected chi connectivity index (χ3v) is 3.63. The van der Waals surface area contributed by atoms with Gasteiger partial charge in [0.05, 0.1) is 13.2 Å². The van der Waals surface area contributed by atoms with E-state index < -0.39 is 23.5 Å². The third-order valence-electron chi connectivity index (χ3n) is 3.63. The zero-order valence-corrected chi connectivity index (χ0v) is 12.0. The Balaban J connectivity index is 1.91. The second-order valence-corrected chi connectivity index (χ2v) is 6.19. The molecular weight excluding hydrogens is 266 g/mol. The first-order chi connectivity index (χ1) is 9.27. The van der Waals surface area contributed by atoms with Gasteiger partial charge in [0.1, 0.15) is 18.3 Å². The van der Waals surface area contributed by atoms with Gasteiger partial charge >= 0.3 is 0 Å². The van der Waals surface area contributed by atoms with Crippen LogP contribution in [0.25, 0.3) is 10.4 Å². The highest BCUT2D eigenvalue weighted by Crippen LogP contribution is 2.47. The van der Waals surface area contributed by atoms with Crippen molar-refractivity contribution in [2.45, 2.75) is 63.4 Å². The average Bonchev–Trinajstić information content (AvgIpc) is 2.78. The fourth-order valence-electron chi connectivity index (χ4n) is 3.09. The Bertz CT molecular complexity index is 462. The number of hydrogen-bond acceptors (Lipinski definition) is 6. The van der Waals surface area contributed by atoms with Crippen molar-refractivity contribution in [1.82, 2.24) is 0 Å². The van der Waals surface area contributed by atoms with Gasteiger partial charge in [-0.2, -0.15) is 0 Å². The summed E-state index contributed by atoms with van der Waals surface area (Å²) < 4.78 is 29.3. The monoisotopic (exact) mass is 285 g/mol. The lowest BCUT2D eigenvalue weighted by Gasteiger charge is -2.39. The highest BCUT2D eigenvalue weighted by molar-refractivity contribution is 5.04. The summed E-state index contributed by atoms with van der Waals surface area (Å²) in [6.45, 7) is 7.63. The molecule has 0 aromatic rings. The van der Waals surface area contributed by atoms with E-state index in [1.165, 1.54) is 0 Å². The molecule has 3 aliphatic rings. The number of azide groups is 1. The molecular formula is C12H19N3O5. The van der Waals surface area contributed by atoms with Gasteiger partial charge in [-0.25, -0.2) is 0 Å². The summed E-state index contributed by atoms with van der Waals surface area (Å²) >= 11 is 0. The van der Waals surface area contributed by atoms with Gasteiger partial charge in [0.15, 0.2) is 11.6 Å². The van der Waals surface area contributed by atoms with Gasteiger partial charge in [-0.1, -0.05) is 5.11 Å². The summed E-state index contributed by atoms with van der Waals surface area (Å²) in [6.07, 6.45) is -1.02. The maximum atomic E-state index is 8.56. The lowest BCUT2D eigenvalue weighted by atomic mass is 9.97. The Labute approximate surface area is 116 Å². The first-order valence-corrected chi connectivity index (χ1v) is 6.65. The Morgan fingerprint density at radius 3 is 2.60 bits per heavy atom. The molecule has 3 saturated heterocycles. The Morgan fingerprint density at radius 2 is 1.90 bits per heavy atom. The van der Waals surface area contributed by atoms with Crippen LogP contribution in [0.5, 0.6) is 0 Å². The van der Waals surface area contributed by atoms with Gasteiger partial charge in [-0.3, -0.25) is 0 Å². The van der Waals surface area contributed by atoms with Crippen LogP contribution in [0.3, 0.4) is 0 Å². The summed E-state index contributed by atoms with van der Waals surface area (Å²) in [5.41, 5.74) is 8.56. The highest BCUT2D eigenvalue weighted by Gasteiger charge is 2.64. The number of hydrogen-bond donors (Lipinski definition) is 0. The normalized spacial score (nSPS) is 44.5. The second-order valence-electron chi connectivity index (χ2n) is 6.19. The lowest BCUT2D eigenvalue weighted by Crippen LogP contribution is -2.59. The Morgan fingerprint density at radius 1 is 1.15 bits per heavy atom.